The zero-order valence-electron chi connectivity index (χ0n) is 14.5. The van der Waals surface area contributed by atoms with Crippen molar-refractivity contribution in [2.24, 2.45) is 5.73 Å². The summed E-state index contributed by atoms with van der Waals surface area (Å²) in [5.41, 5.74) is 10.6. The molecule has 1 atom stereocenters. The number of nitrogens with two attached hydrogens (primary N) is 1. The first-order chi connectivity index (χ1) is 12.8. The van der Waals surface area contributed by atoms with E-state index in [1.165, 1.54) is 6.92 Å². The molecule has 2 rings (SSSR count). The highest BCUT2D eigenvalue weighted by atomic mass is 35.5. The predicted octanol–water partition coefficient (Wildman–Crippen LogP) is 1.74. The summed E-state index contributed by atoms with van der Waals surface area (Å²) < 4.78 is 5.62. The van der Waals surface area contributed by atoms with Crippen LogP contribution in [0.4, 0.5) is 4.79 Å². The van der Waals surface area contributed by atoms with Gasteiger partial charge in [-0.25, -0.2) is 4.79 Å². The van der Waals surface area contributed by atoms with Gasteiger partial charge in [0.05, 0.1) is 0 Å². The van der Waals surface area contributed by atoms with Crippen molar-refractivity contribution in [3.05, 3.63) is 64.7 Å². The minimum absolute atomic E-state index is 0.330. The number of rotatable bonds is 6. The topological polar surface area (TPSA) is 123 Å². The van der Waals surface area contributed by atoms with Crippen LogP contribution in [0.2, 0.25) is 5.02 Å². The average Bonchev–Trinajstić information content (AvgIpc) is 2.65. The number of halogens is 1. The van der Waals surface area contributed by atoms with Crippen LogP contribution < -0.4 is 26.6 Å². The highest BCUT2D eigenvalue weighted by Crippen LogP contribution is 2.17. The van der Waals surface area contributed by atoms with E-state index < -0.39 is 23.9 Å². The Hall–Kier alpha value is -3.26. The summed E-state index contributed by atoms with van der Waals surface area (Å²) in [5, 5.41) is 2.83. The Kier molecular flexibility index (Phi) is 7.01. The SMILES string of the molecule is C[C@H](NC(N)=O)C(=O)NNC(=O)c1ccc(COc2ccc(Cl)cc2)cc1. The fourth-order valence-electron chi connectivity index (χ4n) is 2.03. The molecule has 4 amide bonds. The molecule has 0 spiro atoms. The zero-order chi connectivity index (χ0) is 19.8. The van der Waals surface area contributed by atoms with Crippen molar-refractivity contribution in [2.75, 3.05) is 0 Å². The van der Waals surface area contributed by atoms with Gasteiger partial charge in [0.15, 0.2) is 0 Å². The second-order valence-corrected chi connectivity index (χ2v) is 6.05. The van der Waals surface area contributed by atoms with E-state index in [-0.39, 0.29) is 0 Å². The lowest BCUT2D eigenvalue weighted by Gasteiger charge is -2.13. The number of carbonyl (C=O) groups excluding carboxylic acids is 3. The van der Waals surface area contributed by atoms with E-state index in [1.807, 2.05) is 0 Å². The summed E-state index contributed by atoms with van der Waals surface area (Å²) in [7, 11) is 0. The molecule has 0 saturated carbocycles. The van der Waals surface area contributed by atoms with Gasteiger partial charge in [-0.3, -0.25) is 20.4 Å². The first-order valence-corrected chi connectivity index (χ1v) is 8.36. The molecule has 0 unspecified atom stereocenters. The second kappa shape index (κ2) is 9.44. The van der Waals surface area contributed by atoms with Gasteiger partial charge in [0, 0.05) is 10.6 Å². The highest BCUT2D eigenvalue weighted by molar-refractivity contribution is 6.30. The van der Waals surface area contributed by atoms with Crippen LogP contribution in [0.5, 0.6) is 5.75 Å². The minimum atomic E-state index is -0.879. The fourth-order valence-corrected chi connectivity index (χ4v) is 2.15. The van der Waals surface area contributed by atoms with Gasteiger partial charge in [-0.05, 0) is 48.9 Å². The normalized spacial score (nSPS) is 11.2. The van der Waals surface area contributed by atoms with E-state index in [0.717, 1.165) is 5.56 Å². The van der Waals surface area contributed by atoms with Crippen molar-refractivity contribution in [3.8, 4) is 5.75 Å². The largest absolute Gasteiger partial charge is 0.489 e. The first-order valence-electron chi connectivity index (χ1n) is 7.98. The van der Waals surface area contributed by atoms with E-state index >= 15 is 0 Å². The summed E-state index contributed by atoms with van der Waals surface area (Å²) in [6.45, 7) is 1.76. The van der Waals surface area contributed by atoms with Crippen molar-refractivity contribution >= 4 is 29.4 Å². The Morgan fingerprint density at radius 1 is 1.04 bits per heavy atom. The first kappa shape index (κ1) is 20.1. The van der Waals surface area contributed by atoms with Crippen LogP contribution in [0.3, 0.4) is 0 Å². The molecule has 0 aliphatic heterocycles. The van der Waals surface area contributed by atoms with E-state index in [0.29, 0.717) is 22.9 Å². The maximum Gasteiger partial charge on any atom is 0.312 e. The van der Waals surface area contributed by atoms with Crippen LogP contribution in [0.15, 0.2) is 48.5 Å². The maximum absolute atomic E-state index is 12.0. The van der Waals surface area contributed by atoms with Crippen molar-refractivity contribution in [1.29, 1.82) is 0 Å². The lowest BCUT2D eigenvalue weighted by molar-refractivity contribution is -0.123. The predicted molar refractivity (Wildman–Crippen MR) is 100 cm³/mol. The molecule has 0 heterocycles. The number of amides is 4. The van der Waals surface area contributed by atoms with Crippen LogP contribution in [0.1, 0.15) is 22.8 Å². The van der Waals surface area contributed by atoms with E-state index in [9.17, 15) is 14.4 Å². The number of urea groups is 1. The van der Waals surface area contributed by atoms with Gasteiger partial charge in [0.25, 0.3) is 11.8 Å². The number of ether oxygens (including phenoxy) is 1. The van der Waals surface area contributed by atoms with Crippen molar-refractivity contribution in [2.45, 2.75) is 19.6 Å². The summed E-state index contributed by atoms with van der Waals surface area (Å²) in [5.74, 6) is -0.419. The molecule has 0 aromatic heterocycles. The van der Waals surface area contributed by atoms with E-state index in [2.05, 4.69) is 16.2 Å². The molecule has 5 N–H and O–H groups in total. The van der Waals surface area contributed by atoms with Crippen molar-refractivity contribution in [1.82, 2.24) is 16.2 Å². The Bertz CT molecular complexity index is 809. The molecule has 9 heteroatoms. The molecule has 8 nitrogen and oxygen atoms in total. The molecule has 0 fully saturated rings. The van der Waals surface area contributed by atoms with Gasteiger partial charge in [-0.15, -0.1) is 0 Å². The van der Waals surface area contributed by atoms with Crippen molar-refractivity contribution < 1.29 is 19.1 Å². The molecule has 0 bridgehead atoms. The minimum Gasteiger partial charge on any atom is -0.489 e. The van der Waals surface area contributed by atoms with E-state index in [1.54, 1.807) is 48.5 Å². The Morgan fingerprint density at radius 3 is 2.26 bits per heavy atom. The van der Waals surface area contributed by atoms with Crippen LogP contribution in [0.25, 0.3) is 0 Å². The third kappa shape index (κ3) is 6.52. The fraction of sp³-hybridized carbons (Fsp3) is 0.167. The van der Waals surface area contributed by atoms with Crippen LogP contribution in [-0.4, -0.2) is 23.9 Å². The standard InChI is InChI=1S/C18H19ClN4O4/c1-11(21-18(20)26)16(24)22-23-17(25)13-4-2-12(3-5-13)10-27-15-8-6-14(19)7-9-15/h2-9,11H,10H2,1H3,(H,22,24)(H,23,25)(H3,20,21,26)/t11-/m0/s1. The third-order valence-electron chi connectivity index (χ3n) is 3.49. The Balaban J connectivity index is 1.83. The molecular formula is C18H19ClN4O4. The van der Waals surface area contributed by atoms with Crippen LogP contribution in [0, 0.1) is 0 Å². The van der Waals surface area contributed by atoms with Gasteiger partial charge in [0.1, 0.15) is 18.4 Å². The number of benzene rings is 2. The van der Waals surface area contributed by atoms with Gasteiger partial charge in [0.2, 0.25) is 0 Å². The van der Waals surface area contributed by atoms with Gasteiger partial charge in [-0.1, -0.05) is 23.7 Å². The molecule has 0 aliphatic rings. The molecule has 0 aliphatic carbocycles. The number of primary amides is 1. The van der Waals surface area contributed by atoms with Crippen molar-refractivity contribution in [3.63, 3.8) is 0 Å². The molecular weight excluding hydrogens is 372 g/mol. The molecule has 142 valence electrons. The smallest absolute Gasteiger partial charge is 0.312 e. The Morgan fingerprint density at radius 2 is 1.67 bits per heavy atom. The molecule has 2 aromatic rings. The summed E-state index contributed by atoms with van der Waals surface area (Å²) in [6.07, 6.45) is 0. The third-order valence-corrected chi connectivity index (χ3v) is 3.74. The quantitative estimate of drug-likeness (QED) is 0.561. The summed E-state index contributed by atoms with van der Waals surface area (Å²) in [6, 6.07) is 12.0. The monoisotopic (exact) mass is 390 g/mol. The number of hydrogen-bond donors (Lipinski definition) is 4. The number of hydrogen-bond acceptors (Lipinski definition) is 4. The summed E-state index contributed by atoms with van der Waals surface area (Å²) in [4.78, 5) is 34.4. The van der Waals surface area contributed by atoms with E-state index in [4.69, 9.17) is 22.1 Å². The second-order valence-electron chi connectivity index (χ2n) is 5.61. The average molecular weight is 391 g/mol. The van der Waals surface area contributed by atoms with Gasteiger partial charge in [-0.2, -0.15) is 0 Å². The molecule has 0 radical (unpaired) electrons. The van der Waals surface area contributed by atoms with Gasteiger partial charge < -0.3 is 15.8 Å². The number of carbonyl (C=O) groups is 3. The van der Waals surface area contributed by atoms with Crippen LogP contribution >= 0.6 is 11.6 Å². The summed E-state index contributed by atoms with van der Waals surface area (Å²) >= 11 is 5.82. The highest BCUT2D eigenvalue weighted by Gasteiger charge is 2.15. The lowest BCUT2D eigenvalue weighted by atomic mass is 10.1. The zero-order valence-corrected chi connectivity index (χ0v) is 15.2. The molecule has 0 saturated heterocycles. The molecule has 2 aromatic carbocycles. The lowest BCUT2D eigenvalue weighted by Crippen LogP contribution is -2.52. The Labute approximate surface area is 161 Å². The maximum atomic E-state index is 12.0. The van der Waals surface area contributed by atoms with Gasteiger partial charge >= 0.3 is 6.03 Å². The number of nitrogens with one attached hydrogen (secondary N) is 3. The number of hydrazine groups is 1. The molecule has 27 heavy (non-hydrogen) atoms. The van der Waals surface area contributed by atoms with Crippen LogP contribution in [-0.2, 0) is 11.4 Å².